The van der Waals surface area contributed by atoms with Crippen molar-refractivity contribution >= 4 is 17.3 Å². The van der Waals surface area contributed by atoms with E-state index < -0.39 is 4.92 Å². The molecule has 0 amide bonds. The van der Waals surface area contributed by atoms with Gasteiger partial charge < -0.3 is 15.5 Å². The highest BCUT2D eigenvalue weighted by molar-refractivity contribution is 5.57. The van der Waals surface area contributed by atoms with Crippen LogP contribution >= 0.6 is 0 Å². The van der Waals surface area contributed by atoms with Crippen LogP contribution in [0.2, 0.25) is 0 Å². The van der Waals surface area contributed by atoms with Crippen molar-refractivity contribution in [2.75, 3.05) is 11.1 Å². The van der Waals surface area contributed by atoms with E-state index in [0.29, 0.717) is 5.82 Å². The van der Waals surface area contributed by atoms with Gasteiger partial charge in [-0.15, -0.1) is 0 Å². The number of nitrogens with one attached hydrogen (secondary N) is 1. The number of nitrogen functional groups attached to an aromatic ring is 1. The molecule has 0 fully saturated rings. The molecule has 2 aromatic rings. The minimum Gasteiger partial charge on any atom is -0.464 e. The molecule has 0 aliphatic rings. The Morgan fingerprint density at radius 3 is 2.68 bits per heavy atom. The first kappa shape index (κ1) is 12.9. The number of aryl methyl sites for hydroxylation is 1. The summed E-state index contributed by atoms with van der Waals surface area (Å²) in [5.41, 5.74) is 5.32. The number of furan rings is 1. The summed E-state index contributed by atoms with van der Waals surface area (Å²) < 4.78 is 5.48. The monoisotopic (exact) mass is 262 g/mol. The minimum atomic E-state index is -0.564. The SMILES string of the molecule is Cc1ccc(C(C)Nc2ccc([N+](=O)[O-])c(N)n2)o1. The van der Waals surface area contributed by atoms with Gasteiger partial charge in [-0.25, -0.2) is 4.98 Å². The topological polar surface area (TPSA) is 107 Å². The largest absolute Gasteiger partial charge is 0.464 e. The van der Waals surface area contributed by atoms with Crippen molar-refractivity contribution in [3.63, 3.8) is 0 Å². The molecule has 0 aromatic carbocycles. The van der Waals surface area contributed by atoms with Gasteiger partial charge in [-0.1, -0.05) is 0 Å². The summed E-state index contributed by atoms with van der Waals surface area (Å²) in [5.74, 6) is 1.93. The molecule has 0 spiro atoms. The van der Waals surface area contributed by atoms with Gasteiger partial charge in [0.05, 0.1) is 11.0 Å². The number of hydrogen-bond donors (Lipinski definition) is 2. The lowest BCUT2D eigenvalue weighted by Crippen LogP contribution is -2.08. The van der Waals surface area contributed by atoms with Crippen molar-refractivity contribution in [1.82, 2.24) is 4.98 Å². The Hall–Kier alpha value is -2.57. The van der Waals surface area contributed by atoms with Gasteiger partial charge in [-0.2, -0.15) is 0 Å². The Labute approximate surface area is 109 Å². The molecule has 0 aliphatic carbocycles. The number of rotatable bonds is 4. The van der Waals surface area contributed by atoms with Crippen LogP contribution in [0, 0.1) is 17.0 Å². The molecule has 0 bridgehead atoms. The van der Waals surface area contributed by atoms with Gasteiger partial charge in [-0.05, 0) is 32.0 Å². The average molecular weight is 262 g/mol. The van der Waals surface area contributed by atoms with Gasteiger partial charge in [0.25, 0.3) is 0 Å². The standard InChI is InChI=1S/C12H14N4O3/c1-7-3-5-10(19-7)8(2)14-11-6-4-9(16(17)18)12(13)15-11/h3-6,8H,1-2H3,(H3,13,14,15). The number of nitro groups is 1. The first-order valence-electron chi connectivity index (χ1n) is 5.71. The Morgan fingerprint density at radius 1 is 1.42 bits per heavy atom. The first-order valence-corrected chi connectivity index (χ1v) is 5.71. The minimum absolute atomic E-state index is 0.109. The van der Waals surface area contributed by atoms with E-state index in [4.69, 9.17) is 10.2 Å². The maximum absolute atomic E-state index is 10.6. The number of anilines is 2. The second kappa shape index (κ2) is 4.97. The quantitative estimate of drug-likeness (QED) is 0.647. The highest BCUT2D eigenvalue weighted by Gasteiger charge is 2.15. The molecule has 19 heavy (non-hydrogen) atoms. The van der Waals surface area contributed by atoms with Gasteiger partial charge >= 0.3 is 5.69 Å². The third kappa shape index (κ3) is 2.82. The molecule has 1 unspecified atom stereocenters. The van der Waals surface area contributed by atoms with Crippen LogP contribution in [0.5, 0.6) is 0 Å². The molecule has 2 aromatic heterocycles. The maximum Gasteiger partial charge on any atom is 0.311 e. The van der Waals surface area contributed by atoms with E-state index in [0.717, 1.165) is 11.5 Å². The molecular formula is C12H14N4O3. The van der Waals surface area contributed by atoms with E-state index in [-0.39, 0.29) is 17.5 Å². The second-order valence-electron chi connectivity index (χ2n) is 4.17. The first-order chi connectivity index (χ1) is 8.97. The molecule has 0 saturated carbocycles. The molecule has 7 heteroatoms. The van der Waals surface area contributed by atoms with E-state index >= 15 is 0 Å². The lowest BCUT2D eigenvalue weighted by Gasteiger charge is -2.12. The normalized spacial score (nSPS) is 12.1. The van der Waals surface area contributed by atoms with Crippen molar-refractivity contribution in [1.29, 1.82) is 0 Å². The predicted molar refractivity (Wildman–Crippen MR) is 70.8 cm³/mol. The Bertz CT molecular complexity index is 609. The van der Waals surface area contributed by atoms with E-state index in [1.165, 1.54) is 12.1 Å². The highest BCUT2D eigenvalue weighted by atomic mass is 16.6. The van der Waals surface area contributed by atoms with Crippen LogP contribution in [0.25, 0.3) is 0 Å². The predicted octanol–water partition coefficient (Wildman–Crippen LogP) is 2.65. The van der Waals surface area contributed by atoms with Gasteiger partial charge in [0.15, 0.2) is 0 Å². The summed E-state index contributed by atoms with van der Waals surface area (Å²) in [6.07, 6.45) is 0. The zero-order valence-electron chi connectivity index (χ0n) is 10.6. The smallest absolute Gasteiger partial charge is 0.311 e. The van der Waals surface area contributed by atoms with Gasteiger partial charge in [0, 0.05) is 6.07 Å². The summed E-state index contributed by atoms with van der Waals surface area (Å²) in [7, 11) is 0. The van der Waals surface area contributed by atoms with Crippen molar-refractivity contribution in [2.45, 2.75) is 19.9 Å². The van der Waals surface area contributed by atoms with Crippen molar-refractivity contribution in [2.24, 2.45) is 0 Å². The number of aromatic nitrogens is 1. The highest BCUT2D eigenvalue weighted by Crippen LogP contribution is 2.24. The molecule has 2 heterocycles. The summed E-state index contributed by atoms with van der Waals surface area (Å²) >= 11 is 0. The number of hydrogen-bond acceptors (Lipinski definition) is 6. The summed E-state index contributed by atoms with van der Waals surface area (Å²) in [5, 5.41) is 13.7. The van der Waals surface area contributed by atoms with Crippen molar-refractivity contribution in [3.8, 4) is 0 Å². The van der Waals surface area contributed by atoms with E-state index in [1.807, 2.05) is 26.0 Å². The molecule has 1 atom stereocenters. The molecular weight excluding hydrogens is 248 g/mol. The fourth-order valence-electron chi connectivity index (χ4n) is 1.68. The number of pyridine rings is 1. The van der Waals surface area contributed by atoms with Gasteiger partial charge in [0.1, 0.15) is 17.3 Å². The zero-order valence-corrected chi connectivity index (χ0v) is 10.6. The Balaban J connectivity index is 2.15. The lowest BCUT2D eigenvalue weighted by atomic mass is 10.2. The fraction of sp³-hybridized carbons (Fsp3) is 0.250. The molecule has 0 saturated heterocycles. The van der Waals surface area contributed by atoms with Gasteiger partial charge in [0.2, 0.25) is 5.82 Å². The van der Waals surface area contributed by atoms with Crippen LogP contribution in [0.1, 0.15) is 24.5 Å². The molecule has 0 radical (unpaired) electrons. The van der Waals surface area contributed by atoms with Crippen LogP contribution in [0.4, 0.5) is 17.3 Å². The van der Waals surface area contributed by atoms with Crippen LogP contribution in [-0.4, -0.2) is 9.91 Å². The van der Waals surface area contributed by atoms with Gasteiger partial charge in [-0.3, -0.25) is 10.1 Å². The Kier molecular flexibility index (Phi) is 3.37. The number of nitrogens with two attached hydrogens (primary N) is 1. The molecule has 0 aliphatic heterocycles. The summed E-state index contributed by atoms with van der Waals surface area (Å²) in [4.78, 5) is 14.0. The van der Waals surface area contributed by atoms with E-state index in [2.05, 4.69) is 10.3 Å². The maximum atomic E-state index is 10.6. The van der Waals surface area contributed by atoms with Crippen LogP contribution < -0.4 is 11.1 Å². The van der Waals surface area contributed by atoms with Crippen LogP contribution in [0.3, 0.4) is 0 Å². The molecule has 100 valence electrons. The van der Waals surface area contributed by atoms with Crippen LogP contribution in [0.15, 0.2) is 28.7 Å². The summed E-state index contributed by atoms with van der Waals surface area (Å²) in [6.45, 7) is 3.76. The lowest BCUT2D eigenvalue weighted by molar-refractivity contribution is -0.384. The molecule has 2 rings (SSSR count). The second-order valence-corrected chi connectivity index (χ2v) is 4.17. The zero-order chi connectivity index (χ0) is 14.0. The van der Waals surface area contributed by atoms with Crippen molar-refractivity contribution in [3.05, 3.63) is 45.9 Å². The van der Waals surface area contributed by atoms with Crippen LogP contribution in [-0.2, 0) is 0 Å². The van der Waals surface area contributed by atoms with E-state index in [9.17, 15) is 10.1 Å². The molecule has 3 N–H and O–H groups in total. The third-order valence-electron chi connectivity index (χ3n) is 2.65. The fourth-order valence-corrected chi connectivity index (χ4v) is 1.68. The van der Waals surface area contributed by atoms with Crippen molar-refractivity contribution < 1.29 is 9.34 Å². The molecule has 7 nitrogen and oxygen atoms in total. The van der Waals surface area contributed by atoms with E-state index in [1.54, 1.807) is 0 Å². The average Bonchev–Trinajstić information content (AvgIpc) is 2.75. The number of nitrogens with zero attached hydrogens (tertiary/aromatic N) is 2. The Morgan fingerprint density at radius 2 is 2.16 bits per heavy atom. The summed E-state index contributed by atoms with van der Waals surface area (Å²) in [6, 6.07) is 6.46. The third-order valence-corrected chi connectivity index (χ3v) is 2.65.